The average molecular weight is 256 g/mol. The normalized spacial score (nSPS) is 28.3. The molecule has 0 aromatic rings. The molecular formula is C10H19F3N2S. The van der Waals surface area contributed by atoms with E-state index < -0.39 is 5.51 Å². The number of piperidine rings is 1. The molecule has 0 aromatic heterocycles. The summed E-state index contributed by atoms with van der Waals surface area (Å²) in [7, 11) is 2.08. The van der Waals surface area contributed by atoms with Gasteiger partial charge in [-0.2, -0.15) is 13.2 Å². The lowest BCUT2D eigenvalue weighted by Crippen LogP contribution is -2.47. The fourth-order valence-electron chi connectivity index (χ4n) is 2.07. The first-order valence-electron chi connectivity index (χ1n) is 5.51. The summed E-state index contributed by atoms with van der Waals surface area (Å²) in [5, 5.41) is 3.22. The number of halogens is 3. The summed E-state index contributed by atoms with van der Waals surface area (Å²) in [6, 6.07) is 0.366. The van der Waals surface area contributed by atoms with Gasteiger partial charge in [0.1, 0.15) is 0 Å². The van der Waals surface area contributed by atoms with Crippen molar-refractivity contribution in [3.63, 3.8) is 0 Å². The summed E-state index contributed by atoms with van der Waals surface area (Å²) in [6.07, 6.45) is 1.02. The van der Waals surface area contributed by atoms with E-state index in [1.165, 1.54) is 0 Å². The number of rotatable bonds is 4. The molecule has 1 N–H and O–H groups in total. The largest absolute Gasteiger partial charge is 0.441 e. The number of hydrogen-bond acceptors (Lipinski definition) is 3. The topological polar surface area (TPSA) is 15.3 Å². The number of likely N-dealkylation sites (tertiary alicyclic amines) is 1. The zero-order chi connectivity index (χ0) is 12.2. The molecule has 1 heterocycles. The van der Waals surface area contributed by atoms with Crippen LogP contribution in [0.2, 0.25) is 0 Å². The maximum atomic E-state index is 11.9. The SMILES string of the molecule is CC1CN(C)CCC1NCCSC(F)(F)F. The van der Waals surface area contributed by atoms with Crippen LogP contribution >= 0.6 is 11.8 Å². The van der Waals surface area contributed by atoms with Crippen LogP contribution in [0.3, 0.4) is 0 Å². The van der Waals surface area contributed by atoms with Crippen LogP contribution in [0.5, 0.6) is 0 Å². The summed E-state index contributed by atoms with van der Waals surface area (Å²) in [6.45, 7) is 4.62. The van der Waals surface area contributed by atoms with E-state index in [0.717, 1.165) is 19.5 Å². The van der Waals surface area contributed by atoms with Crippen molar-refractivity contribution < 1.29 is 13.2 Å². The second-order valence-electron chi connectivity index (χ2n) is 4.38. The average Bonchev–Trinajstić information content (AvgIpc) is 2.13. The second-order valence-corrected chi connectivity index (χ2v) is 5.54. The molecular weight excluding hydrogens is 237 g/mol. The molecule has 6 heteroatoms. The van der Waals surface area contributed by atoms with Crippen LogP contribution < -0.4 is 5.32 Å². The zero-order valence-corrected chi connectivity index (χ0v) is 10.5. The van der Waals surface area contributed by atoms with Gasteiger partial charge >= 0.3 is 5.51 Å². The van der Waals surface area contributed by atoms with Gasteiger partial charge in [0.25, 0.3) is 0 Å². The molecule has 1 aliphatic rings. The highest BCUT2D eigenvalue weighted by Crippen LogP contribution is 2.29. The third-order valence-electron chi connectivity index (χ3n) is 2.88. The Morgan fingerprint density at radius 3 is 2.69 bits per heavy atom. The van der Waals surface area contributed by atoms with Crippen LogP contribution in [0.25, 0.3) is 0 Å². The van der Waals surface area contributed by atoms with Crippen molar-refractivity contribution in [1.29, 1.82) is 0 Å². The standard InChI is InChI=1S/C10H19F3N2S/c1-8-7-15(2)5-3-9(8)14-4-6-16-10(11,12)13/h8-9,14H,3-7H2,1-2H3. The van der Waals surface area contributed by atoms with E-state index in [2.05, 4.69) is 24.2 Å². The van der Waals surface area contributed by atoms with E-state index in [0.29, 0.717) is 18.5 Å². The first-order valence-corrected chi connectivity index (χ1v) is 6.49. The lowest BCUT2D eigenvalue weighted by Gasteiger charge is -2.35. The molecule has 2 nitrogen and oxygen atoms in total. The molecule has 16 heavy (non-hydrogen) atoms. The zero-order valence-electron chi connectivity index (χ0n) is 9.68. The van der Waals surface area contributed by atoms with Crippen molar-refractivity contribution in [2.24, 2.45) is 5.92 Å². The van der Waals surface area contributed by atoms with Gasteiger partial charge in [-0.1, -0.05) is 6.92 Å². The fraction of sp³-hybridized carbons (Fsp3) is 1.00. The van der Waals surface area contributed by atoms with Gasteiger partial charge in [0.15, 0.2) is 0 Å². The van der Waals surface area contributed by atoms with Crippen molar-refractivity contribution in [2.45, 2.75) is 24.9 Å². The number of thioether (sulfide) groups is 1. The van der Waals surface area contributed by atoms with Gasteiger partial charge in [-0.3, -0.25) is 0 Å². The van der Waals surface area contributed by atoms with Crippen molar-refractivity contribution in [2.75, 3.05) is 32.4 Å². The summed E-state index contributed by atoms with van der Waals surface area (Å²) in [5.74, 6) is 0.609. The molecule has 1 fully saturated rings. The van der Waals surface area contributed by atoms with Crippen LogP contribution in [-0.4, -0.2) is 48.9 Å². The van der Waals surface area contributed by atoms with Crippen molar-refractivity contribution >= 4 is 11.8 Å². The number of alkyl halides is 3. The van der Waals surface area contributed by atoms with Gasteiger partial charge in [-0.25, -0.2) is 0 Å². The Hall–Kier alpha value is 0.0600. The summed E-state index contributed by atoms with van der Waals surface area (Å²) in [4.78, 5) is 2.26. The quantitative estimate of drug-likeness (QED) is 0.776. The minimum absolute atomic E-state index is 0.0510. The Balaban J connectivity index is 2.13. The Labute approximate surface area is 98.9 Å². The van der Waals surface area contributed by atoms with E-state index in [9.17, 15) is 13.2 Å². The minimum atomic E-state index is -4.10. The molecule has 1 aliphatic heterocycles. The van der Waals surface area contributed by atoms with Gasteiger partial charge in [-0.15, -0.1) is 0 Å². The van der Waals surface area contributed by atoms with Gasteiger partial charge in [-0.05, 0) is 37.7 Å². The maximum Gasteiger partial charge on any atom is 0.441 e. The third kappa shape index (κ3) is 5.41. The first-order chi connectivity index (χ1) is 7.38. The highest BCUT2D eigenvalue weighted by atomic mass is 32.2. The number of nitrogens with one attached hydrogen (secondary N) is 1. The lowest BCUT2D eigenvalue weighted by atomic mass is 9.94. The smallest absolute Gasteiger partial charge is 0.313 e. The van der Waals surface area contributed by atoms with E-state index in [1.807, 2.05) is 0 Å². The maximum absolute atomic E-state index is 11.9. The second kappa shape index (κ2) is 6.12. The molecule has 2 unspecified atom stereocenters. The lowest BCUT2D eigenvalue weighted by molar-refractivity contribution is -0.0327. The highest BCUT2D eigenvalue weighted by molar-refractivity contribution is 8.00. The molecule has 0 spiro atoms. The number of nitrogens with zero attached hydrogens (tertiary/aromatic N) is 1. The molecule has 0 radical (unpaired) electrons. The minimum Gasteiger partial charge on any atom is -0.313 e. The Morgan fingerprint density at radius 2 is 2.12 bits per heavy atom. The Morgan fingerprint density at radius 1 is 1.44 bits per heavy atom. The first kappa shape index (κ1) is 14.1. The molecule has 0 bridgehead atoms. The predicted molar refractivity (Wildman–Crippen MR) is 61.6 cm³/mol. The van der Waals surface area contributed by atoms with Crippen molar-refractivity contribution in [3.8, 4) is 0 Å². The van der Waals surface area contributed by atoms with E-state index in [-0.39, 0.29) is 17.5 Å². The van der Waals surface area contributed by atoms with Crippen LogP contribution in [0.4, 0.5) is 13.2 Å². The summed E-state index contributed by atoms with van der Waals surface area (Å²) in [5.41, 5.74) is -4.10. The Kier molecular flexibility index (Phi) is 5.40. The fourth-order valence-corrected chi connectivity index (χ4v) is 2.52. The van der Waals surface area contributed by atoms with Crippen molar-refractivity contribution in [1.82, 2.24) is 10.2 Å². The van der Waals surface area contributed by atoms with Gasteiger partial charge in [0.05, 0.1) is 0 Å². The van der Waals surface area contributed by atoms with Gasteiger partial charge < -0.3 is 10.2 Å². The molecule has 0 aliphatic carbocycles. The summed E-state index contributed by atoms with van der Waals surface area (Å²) < 4.78 is 35.6. The van der Waals surface area contributed by atoms with Crippen molar-refractivity contribution in [3.05, 3.63) is 0 Å². The van der Waals surface area contributed by atoms with Crippen LogP contribution in [-0.2, 0) is 0 Å². The highest BCUT2D eigenvalue weighted by Gasteiger charge is 2.28. The number of hydrogen-bond donors (Lipinski definition) is 1. The molecule has 0 aromatic carbocycles. The molecule has 0 amide bonds. The molecule has 1 saturated heterocycles. The van der Waals surface area contributed by atoms with Gasteiger partial charge in [0, 0.05) is 24.9 Å². The predicted octanol–water partition coefficient (Wildman–Crippen LogP) is 2.17. The molecule has 1 rings (SSSR count). The third-order valence-corrected chi connectivity index (χ3v) is 3.62. The summed E-state index contributed by atoms with van der Waals surface area (Å²) >= 11 is 0.0510. The van der Waals surface area contributed by atoms with Crippen LogP contribution in [0, 0.1) is 5.92 Å². The van der Waals surface area contributed by atoms with E-state index in [1.54, 1.807) is 0 Å². The monoisotopic (exact) mass is 256 g/mol. The molecule has 0 saturated carbocycles. The molecule has 2 atom stereocenters. The van der Waals surface area contributed by atoms with Crippen LogP contribution in [0.15, 0.2) is 0 Å². The van der Waals surface area contributed by atoms with E-state index in [4.69, 9.17) is 0 Å². The van der Waals surface area contributed by atoms with Crippen LogP contribution in [0.1, 0.15) is 13.3 Å². The van der Waals surface area contributed by atoms with Gasteiger partial charge in [0.2, 0.25) is 0 Å². The Bertz CT molecular complexity index is 211. The van der Waals surface area contributed by atoms with E-state index >= 15 is 0 Å². The molecule has 96 valence electrons.